The molecular weight excluding hydrogens is 320 g/mol. The van der Waals surface area contributed by atoms with Gasteiger partial charge >= 0.3 is 0 Å². The van der Waals surface area contributed by atoms with E-state index >= 15 is 0 Å². The maximum Gasteiger partial charge on any atom is 0.245 e. The lowest BCUT2D eigenvalue weighted by atomic mass is 9.96. The van der Waals surface area contributed by atoms with Crippen LogP contribution in [0.4, 0.5) is 0 Å². The molecule has 6 heteroatoms. The zero-order chi connectivity index (χ0) is 17.8. The number of fused-ring (bicyclic) bond motifs is 1. The number of benzene rings is 1. The second-order valence-electron chi connectivity index (χ2n) is 6.90. The fourth-order valence-corrected chi connectivity index (χ4v) is 3.67. The van der Waals surface area contributed by atoms with Gasteiger partial charge in [0.2, 0.25) is 11.8 Å². The highest BCUT2D eigenvalue weighted by molar-refractivity contribution is 5.87. The first-order valence-corrected chi connectivity index (χ1v) is 8.95. The van der Waals surface area contributed by atoms with Gasteiger partial charge in [-0.3, -0.25) is 9.59 Å². The molecule has 1 heterocycles. The Balaban J connectivity index is 1.68. The van der Waals surface area contributed by atoms with Gasteiger partial charge < -0.3 is 19.7 Å². The van der Waals surface area contributed by atoms with Gasteiger partial charge in [-0.1, -0.05) is 18.9 Å². The zero-order valence-electron chi connectivity index (χ0n) is 14.9. The van der Waals surface area contributed by atoms with Gasteiger partial charge in [0.15, 0.2) is 11.5 Å². The Morgan fingerprint density at radius 1 is 1.20 bits per heavy atom. The lowest BCUT2D eigenvalue weighted by Gasteiger charge is -2.28. The van der Waals surface area contributed by atoms with Crippen molar-refractivity contribution in [3.63, 3.8) is 0 Å². The third-order valence-electron chi connectivity index (χ3n) is 4.90. The molecule has 136 valence electrons. The van der Waals surface area contributed by atoms with Crippen molar-refractivity contribution in [2.75, 3.05) is 20.3 Å². The van der Waals surface area contributed by atoms with Gasteiger partial charge in [-0.2, -0.15) is 0 Å². The first kappa shape index (κ1) is 17.6. The monoisotopic (exact) mass is 346 g/mol. The summed E-state index contributed by atoms with van der Waals surface area (Å²) in [7, 11) is 1.78. The number of hydrogen-bond donors (Lipinski definition) is 1. The van der Waals surface area contributed by atoms with Crippen LogP contribution in [0.25, 0.3) is 0 Å². The highest BCUT2D eigenvalue weighted by Crippen LogP contribution is 2.32. The van der Waals surface area contributed by atoms with Crippen LogP contribution in [0.5, 0.6) is 11.5 Å². The first-order valence-electron chi connectivity index (χ1n) is 8.95. The zero-order valence-corrected chi connectivity index (χ0v) is 14.9. The molecule has 1 fully saturated rings. The van der Waals surface area contributed by atoms with Gasteiger partial charge in [0.1, 0.15) is 19.3 Å². The van der Waals surface area contributed by atoms with Gasteiger partial charge in [-0.05, 0) is 36.5 Å². The number of carbonyl (C=O) groups excluding carboxylic acids is 2. The summed E-state index contributed by atoms with van der Waals surface area (Å²) >= 11 is 0. The number of nitrogens with one attached hydrogen (secondary N) is 1. The molecule has 2 amide bonds. The molecule has 1 atom stereocenters. The number of ether oxygens (including phenoxy) is 2. The molecule has 6 nitrogen and oxygen atoms in total. The number of carbonyl (C=O) groups is 2. The average Bonchev–Trinajstić information content (AvgIpc) is 3.13. The van der Waals surface area contributed by atoms with E-state index in [4.69, 9.17) is 9.47 Å². The van der Waals surface area contributed by atoms with Crippen molar-refractivity contribution in [3.05, 3.63) is 23.8 Å². The van der Waals surface area contributed by atoms with E-state index in [9.17, 15) is 9.59 Å². The van der Waals surface area contributed by atoms with E-state index in [1.165, 1.54) is 6.92 Å². The number of hydrogen-bond acceptors (Lipinski definition) is 4. The van der Waals surface area contributed by atoms with Gasteiger partial charge in [-0.15, -0.1) is 0 Å². The Morgan fingerprint density at radius 2 is 1.88 bits per heavy atom. The SMILES string of the molecule is CC(=O)NC(C(=O)N(C)Cc1ccc2c(c1)OCCO2)C1CCCC1. The maximum atomic E-state index is 12.9. The van der Waals surface area contributed by atoms with Crippen LogP contribution in [-0.4, -0.2) is 43.0 Å². The third-order valence-corrected chi connectivity index (χ3v) is 4.90. The molecule has 0 bridgehead atoms. The Hall–Kier alpha value is -2.24. The van der Waals surface area contributed by atoms with E-state index in [1.54, 1.807) is 11.9 Å². The molecule has 0 saturated heterocycles. The van der Waals surface area contributed by atoms with E-state index in [1.807, 2.05) is 18.2 Å². The summed E-state index contributed by atoms with van der Waals surface area (Å²) in [6.07, 6.45) is 4.24. The van der Waals surface area contributed by atoms with E-state index in [0.717, 1.165) is 42.7 Å². The molecule has 25 heavy (non-hydrogen) atoms. The molecule has 3 rings (SSSR count). The normalized spacial score (nSPS) is 17.8. The summed E-state index contributed by atoms with van der Waals surface area (Å²) in [5.41, 5.74) is 0.980. The molecule has 1 saturated carbocycles. The Bertz CT molecular complexity index is 640. The van der Waals surface area contributed by atoms with Crippen molar-refractivity contribution >= 4 is 11.8 Å². The molecular formula is C19H26N2O4. The van der Waals surface area contributed by atoms with Crippen molar-refractivity contribution in [3.8, 4) is 11.5 Å². The maximum absolute atomic E-state index is 12.9. The quantitative estimate of drug-likeness (QED) is 0.887. The van der Waals surface area contributed by atoms with Crippen molar-refractivity contribution in [2.45, 2.75) is 45.2 Å². The predicted molar refractivity (Wildman–Crippen MR) is 93.5 cm³/mol. The van der Waals surface area contributed by atoms with Crippen LogP contribution in [0.2, 0.25) is 0 Å². The first-order chi connectivity index (χ1) is 12.0. The fraction of sp³-hybridized carbons (Fsp3) is 0.579. The molecule has 0 aromatic heterocycles. The number of rotatable bonds is 5. The Kier molecular flexibility index (Phi) is 5.46. The summed E-state index contributed by atoms with van der Waals surface area (Å²) in [5.74, 6) is 1.51. The van der Waals surface area contributed by atoms with Crippen LogP contribution in [-0.2, 0) is 16.1 Å². The molecule has 1 aromatic rings. The third kappa shape index (κ3) is 4.24. The molecule has 1 aliphatic heterocycles. The van der Waals surface area contributed by atoms with Crippen molar-refractivity contribution in [1.29, 1.82) is 0 Å². The van der Waals surface area contributed by atoms with Gasteiger partial charge in [0, 0.05) is 20.5 Å². The second-order valence-corrected chi connectivity index (χ2v) is 6.90. The highest BCUT2D eigenvalue weighted by atomic mass is 16.6. The van der Waals surface area contributed by atoms with E-state index in [0.29, 0.717) is 19.8 Å². The average molecular weight is 346 g/mol. The smallest absolute Gasteiger partial charge is 0.245 e. The van der Waals surface area contributed by atoms with Crippen molar-refractivity contribution in [1.82, 2.24) is 10.2 Å². The minimum absolute atomic E-state index is 0.0306. The fourth-order valence-electron chi connectivity index (χ4n) is 3.67. The van der Waals surface area contributed by atoms with Crippen LogP contribution >= 0.6 is 0 Å². The summed E-state index contributed by atoms with van der Waals surface area (Å²) in [6.45, 7) is 3.04. The predicted octanol–water partition coefficient (Wildman–Crippen LogP) is 2.11. The summed E-state index contributed by atoms with van der Waals surface area (Å²) < 4.78 is 11.1. The standard InChI is InChI=1S/C19H26N2O4/c1-13(22)20-18(15-5-3-4-6-15)19(23)21(2)12-14-7-8-16-17(11-14)25-10-9-24-16/h7-8,11,15,18H,3-6,9-10,12H2,1-2H3,(H,20,22). The lowest BCUT2D eigenvalue weighted by molar-refractivity contribution is -0.137. The van der Waals surface area contributed by atoms with E-state index in [2.05, 4.69) is 5.32 Å². The van der Waals surface area contributed by atoms with Crippen LogP contribution in [0.15, 0.2) is 18.2 Å². The van der Waals surface area contributed by atoms with Crippen LogP contribution in [0, 0.1) is 5.92 Å². The summed E-state index contributed by atoms with van der Waals surface area (Å²) in [4.78, 5) is 26.1. The summed E-state index contributed by atoms with van der Waals surface area (Å²) in [6, 6.07) is 5.31. The highest BCUT2D eigenvalue weighted by Gasteiger charge is 2.33. The van der Waals surface area contributed by atoms with Crippen molar-refractivity contribution in [2.24, 2.45) is 5.92 Å². The van der Waals surface area contributed by atoms with E-state index in [-0.39, 0.29) is 17.7 Å². The minimum atomic E-state index is -0.429. The molecule has 1 unspecified atom stereocenters. The molecule has 1 aromatic carbocycles. The number of amides is 2. The van der Waals surface area contributed by atoms with E-state index < -0.39 is 6.04 Å². The molecule has 1 aliphatic carbocycles. The second kappa shape index (κ2) is 7.76. The van der Waals surface area contributed by atoms with Gasteiger partial charge in [0.05, 0.1) is 0 Å². The Labute approximate surface area is 148 Å². The number of nitrogens with zero attached hydrogens (tertiary/aromatic N) is 1. The molecule has 0 spiro atoms. The topological polar surface area (TPSA) is 67.9 Å². The van der Waals surface area contributed by atoms with Crippen LogP contribution < -0.4 is 14.8 Å². The van der Waals surface area contributed by atoms with Gasteiger partial charge in [0.25, 0.3) is 0 Å². The lowest BCUT2D eigenvalue weighted by Crippen LogP contribution is -2.50. The number of likely N-dealkylation sites (N-methyl/N-ethyl adjacent to an activating group) is 1. The molecule has 2 aliphatic rings. The minimum Gasteiger partial charge on any atom is -0.486 e. The summed E-state index contributed by atoms with van der Waals surface area (Å²) in [5, 5.41) is 2.86. The van der Waals surface area contributed by atoms with Crippen LogP contribution in [0.1, 0.15) is 38.2 Å². The molecule has 0 radical (unpaired) electrons. The largest absolute Gasteiger partial charge is 0.486 e. The Morgan fingerprint density at radius 3 is 2.56 bits per heavy atom. The van der Waals surface area contributed by atoms with Crippen LogP contribution in [0.3, 0.4) is 0 Å². The van der Waals surface area contributed by atoms with Gasteiger partial charge in [-0.25, -0.2) is 0 Å². The molecule has 1 N–H and O–H groups in total. The van der Waals surface area contributed by atoms with Crippen molar-refractivity contribution < 1.29 is 19.1 Å².